The summed E-state index contributed by atoms with van der Waals surface area (Å²) in [6.45, 7) is 0.180. The van der Waals surface area contributed by atoms with E-state index < -0.39 is 5.97 Å². The van der Waals surface area contributed by atoms with Crippen LogP contribution in [0.3, 0.4) is 0 Å². The van der Waals surface area contributed by atoms with E-state index in [0.29, 0.717) is 10.6 Å². The largest absolute Gasteiger partial charge is 0.457 e. The highest BCUT2D eigenvalue weighted by Crippen LogP contribution is 2.18. The van der Waals surface area contributed by atoms with Crippen LogP contribution in [0.25, 0.3) is 10.9 Å². The van der Waals surface area contributed by atoms with Crippen LogP contribution in [0.4, 0.5) is 0 Å². The third-order valence-corrected chi connectivity index (χ3v) is 3.37. The van der Waals surface area contributed by atoms with Gasteiger partial charge in [-0.2, -0.15) is 0 Å². The SMILES string of the molecule is O=C(OCc1cccc2cccnc12)c1cccc(Cl)c1. The van der Waals surface area contributed by atoms with Gasteiger partial charge in [0.05, 0.1) is 11.1 Å². The zero-order chi connectivity index (χ0) is 14.7. The van der Waals surface area contributed by atoms with Gasteiger partial charge in [0.2, 0.25) is 0 Å². The molecule has 0 bridgehead atoms. The minimum absolute atomic E-state index is 0.180. The van der Waals surface area contributed by atoms with Gasteiger partial charge in [0.15, 0.2) is 0 Å². The van der Waals surface area contributed by atoms with Crippen LogP contribution in [-0.4, -0.2) is 11.0 Å². The Morgan fingerprint density at radius 1 is 1.10 bits per heavy atom. The molecular weight excluding hydrogens is 286 g/mol. The maximum Gasteiger partial charge on any atom is 0.338 e. The van der Waals surface area contributed by atoms with E-state index in [1.807, 2.05) is 30.3 Å². The first-order valence-corrected chi connectivity index (χ1v) is 6.87. The van der Waals surface area contributed by atoms with Crippen LogP contribution in [0.15, 0.2) is 60.8 Å². The maximum atomic E-state index is 12.0. The number of carbonyl (C=O) groups is 1. The van der Waals surface area contributed by atoms with Crippen LogP contribution in [-0.2, 0) is 11.3 Å². The van der Waals surface area contributed by atoms with Crippen molar-refractivity contribution in [3.63, 3.8) is 0 Å². The number of para-hydroxylation sites is 1. The number of hydrogen-bond donors (Lipinski definition) is 0. The molecule has 0 aliphatic rings. The first-order valence-electron chi connectivity index (χ1n) is 6.49. The van der Waals surface area contributed by atoms with Crippen LogP contribution in [0.5, 0.6) is 0 Å². The second-order valence-electron chi connectivity index (χ2n) is 4.58. The lowest BCUT2D eigenvalue weighted by atomic mass is 10.1. The summed E-state index contributed by atoms with van der Waals surface area (Å²) in [4.78, 5) is 16.3. The van der Waals surface area contributed by atoms with E-state index in [1.165, 1.54) is 0 Å². The summed E-state index contributed by atoms with van der Waals surface area (Å²) in [5, 5.41) is 1.53. The fourth-order valence-electron chi connectivity index (χ4n) is 2.13. The molecule has 0 saturated heterocycles. The van der Waals surface area contributed by atoms with Crippen molar-refractivity contribution in [3.8, 4) is 0 Å². The van der Waals surface area contributed by atoms with E-state index in [9.17, 15) is 4.79 Å². The Balaban J connectivity index is 1.79. The molecule has 3 aromatic rings. The second kappa shape index (κ2) is 5.94. The number of pyridine rings is 1. The number of halogens is 1. The van der Waals surface area contributed by atoms with Gasteiger partial charge in [-0.05, 0) is 24.3 Å². The number of ether oxygens (including phenoxy) is 1. The van der Waals surface area contributed by atoms with Crippen molar-refractivity contribution in [1.82, 2.24) is 4.98 Å². The minimum Gasteiger partial charge on any atom is -0.457 e. The lowest BCUT2D eigenvalue weighted by Crippen LogP contribution is -2.05. The Kier molecular flexibility index (Phi) is 3.84. The minimum atomic E-state index is -0.398. The highest BCUT2D eigenvalue weighted by atomic mass is 35.5. The van der Waals surface area contributed by atoms with E-state index in [0.717, 1.165) is 16.5 Å². The smallest absolute Gasteiger partial charge is 0.338 e. The summed E-state index contributed by atoms with van der Waals surface area (Å²) in [5.41, 5.74) is 2.16. The van der Waals surface area contributed by atoms with Crippen LogP contribution in [0, 0.1) is 0 Å². The van der Waals surface area contributed by atoms with E-state index in [-0.39, 0.29) is 6.61 Å². The average Bonchev–Trinajstić information content (AvgIpc) is 2.52. The van der Waals surface area contributed by atoms with E-state index in [2.05, 4.69) is 4.98 Å². The molecule has 0 fully saturated rings. The fraction of sp³-hybridized carbons (Fsp3) is 0.0588. The number of aromatic nitrogens is 1. The Hall–Kier alpha value is -2.39. The van der Waals surface area contributed by atoms with Crippen LogP contribution >= 0.6 is 11.6 Å². The highest BCUT2D eigenvalue weighted by molar-refractivity contribution is 6.30. The molecule has 2 aromatic carbocycles. The van der Waals surface area contributed by atoms with Gasteiger partial charge in [-0.1, -0.05) is 41.9 Å². The van der Waals surface area contributed by atoms with Crippen molar-refractivity contribution in [3.05, 3.63) is 76.9 Å². The molecule has 1 heterocycles. The molecule has 0 aliphatic carbocycles. The van der Waals surface area contributed by atoms with Crippen molar-refractivity contribution in [2.45, 2.75) is 6.61 Å². The fourth-order valence-corrected chi connectivity index (χ4v) is 2.32. The molecule has 0 unspecified atom stereocenters. The number of nitrogens with zero attached hydrogens (tertiary/aromatic N) is 1. The van der Waals surface area contributed by atoms with Crippen molar-refractivity contribution >= 4 is 28.5 Å². The number of rotatable bonds is 3. The lowest BCUT2D eigenvalue weighted by molar-refractivity contribution is 0.0474. The van der Waals surface area contributed by atoms with E-state index in [4.69, 9.17) is 16.3 Å². The Morgan fingerprint density at radius 3 is 2.76 bits per heavy atom. The molecule has 1 aromatic heterocycles. The standard InChI is InChI=1S/C17H12ClNO2/c18-15-8-2-5-13(10-15)17(20)21-11-14-6-1-4-12-7-3-9-19-16(12)14/h1-10H,11H2. The number of benzene rings is 2. The van der Waals surface area contributed by atoms with Gasteiger partial charge in [0.25, 0.3) is 0 Å². The van der Waals surface area contributed by atoms with Gasteiger partial charge < -0.3 is 4.74 Å². The number of fused-ring (bicyclic) bond motifs is 1. The molecule has 0 amide bonds. The Labute approximate surface area is 127 Å². The summed E-state index contributed by atoms with van der Waals surface area (Å²) in [5.74, 6) is -0.398. The first kappa shape index (κ1) is 13.6. The van der Waals surface area contributed by atoms with Gasteiger partial charge in [-0.3, -0.25) is 4.98 Å². The van der Waals surface area contributed by atoms with Crippen LogP contribution < -0.4 is 0 Å². The van der Waals surface area contributed by atoms with Gasteiger partial charge >= 0.3 is 5.97 Å². The molecule has 4 heteroatoms. The monoisotopic (exact) mass is 297 g/mol. The molecule has 0 saturated carbocycles. The molecule has 21 heavy (non-hydrogen) atoms. The summed E-state index contributed by atoms with van der Waals surface area (Å²) in [6.07, 6.45) is 1.73. The number of carbonyl (C=O) groups excluding carboxylic acids is 1. The van der Waals surface area contributed by atoms with Crippen molar-refractivity contribution in [2.24, 2.45) is 0 Å². The van der Waals surface area contributed by atoms with Crippen LogP contribution in [0.2, 0.25) is 5.02 Å². The average molecular weight is 298 g/mol. The quantitative estimate of drug-likeness (QED) is 0.679. The predicted molar refractivity (Wildman–Crippen MR) is 82.3 cm³/mol. The molecule has 0 radical (unpaired) electrons. The van der Waals surface area contributed by atoms with Gasteiger partial charge in [0, 0.05) is 22.2 Å². The Morgan fingerprint density at radius 2 is 1.90 bits per heavy atom. The third kappa shape index (κ3) is 3.03. The molecule has 0 atom stereocenters. The number of esters is 1. The van der Waals surface area contributed by atoms with Crippen LogP contribution in [0.1, 0.15) is 15.9 Å². The lowest BCUT2D eigenvalue weighted by Gasteiger charge is -2.07. The molecule has 0 N–H and O–H groups in total. The topological polar surface area (TPSA) is 39.2 Å². The predicted octanol–water partition coefficient (Wildman–Crippen LogP) is 4.25. The number of hydrogen-bond acceptors (Lipinski definition) is 3. The molecule has 3 nitrogen and oxygen atoms in total. The molecule has 3 rings (SSSR count). The zero-order valence-corrected chi connectivity index (χ0v) is 11.9. The second-order valence-corrected chi connectivity index (χ2v) is 5.02. The third-order valence-electron chi connectivity index (χ3n) is 3.14. The molecule has 104 valence electrons. The summed E-state index contributed by atoms with van der Waals surface area (Å²) < 4.78 is 5.34. The van der Waals surface area contributed by atoms with Crippen molar-refractivity contribution < 1.29 is 9.53 Å². The summed E-state index contributed by atoms with van der Waals surface area (Å²) in [7, 11) is 0. The van der Waals surface area contributed by atoms with Gasteiger partial charge in [-0.25, -0.2) is 4.79 Å². The normalized spacial score (nSPS) is 10.5. The Bertz CT molecular complexity index is 796. The molecule has 0 aliphatic heterocycles. The van der Waals surface area contributed by atoms with Crippen molar-refractivity contribution in [2.75, 3.05) is 0 Å². The first-order chi connectivity index (χ1) is 10.2. The maximum absolute atomic E-state index is 12.0. The van der Waals surface area contributed by atoms with E-state index >= 15 is 0 Å². The zero-order valence-electron chi connectivity index (χ0n) is 11.1. The van der Waals surface area contributed by atoms with Gasteiger partial charge in [0.1, 0.15) is 6.61 Å². The summed E-state index contributed by atoms with van der Waals surface area (Å²) >= 11 is 5.87. The van der Waals surface area contributed by atoms with Gasteiger partial charge in [-0.15, -0.1) is 0 Å². The summed E-state index contributed by atoms with van der Waals surface area (Å²) in [6, 6.07) is 16.4. The molecule has 0 spiro atoms. The molecular formula is C17H12ClNO2. The van der Waals surface area contributed by atoms with Crippen molar-refractivity contribution in [1.29, 1.82) is 0 Å². The highest BCUT2D eigenvalue weighted by Gasteiger charge is 2.09. The van der Waals surface area contributed by atoms with E-state index in [1.54, 1.807) is 30.5 Å².